The van der Waals surface area contributed by atoms with Crippen LogP contribution in [-0.4, -0.2) is 37.6 Å². The summed E-state index contributed by atoms with van der Waals surface area (Å²) in [5.74, 6) is 0.867. The molecule has 17 heavy (non-hydrogen) atoms. The molecule has 0 aromatic heterocycles. The lowest BCUT2D eigenvalue weighted by Gasteiger charge is -2.30. The number of amides is 1. The van der Waals surface area contributed by atoms with E-state index in [9.17, 15) is 4.79 Å². The first kappa shape index (κ1) is 11.9. The molecular weight excluding hydrogens is 216 g/mol. The maximum atomic E-state index is 11.7. The molecule has 1 amide bonds. The first-order valence-corrected chi connectivity index (χ1v) is 5.94. The molecule has 0 unspecified atom stereocenters. The molecular formula is C13H18N2O2. The maximum Gasteiger partial charge on any atom is 0.260 e. The van der Waals surface area contributed by atoms with Crippen LogP contribution in [-0.2, 0) is 11.3 Å². The van der Waals surface area contributed by atoms with E-state index in [0.717, 1.165) is 37.4 Å². The van der Waals surface area contributed by atoms with Crippen LogP contribution in [0.3, 0.4) is 0 Å². The van der Waals surface area contributed by atoms with Crippen molar-refractivity contribution < 1.29 is 9.53 Å². The Morgan fingerprint density at radius 1 is 1.41 bits per heavy atom. The van der Waals surface area contributed by atoms with Gasteiger partial charge < -0.3 is 15.0 Å². The number of hydrogen-bond donors (Lipinski definition) is 1. The highest BCUT2D eigenvalue weighted by atomic mass is 16.5. The van der Waals surface area contributed by atoms with Crippen LogP contribution in [0.4, 0.5) is 0 Å². The van der Waals surface area contributed by atoms with Crippen molar-refractivity contribution >= 4 is 5.91 Å². The van der Waals surface area contributed by atoms with Gasteiger partial charge in [0.1, 0.15) is 5.75 Å². The highest BCUT2D eigenvalue weighted by Crippen LogP contribution is 2.18. The average Bonchev–Trinajstić information content (AvgIpc) is 2.26. The summed E-state index contributed by atoms with van der Waals surface area (Å²) in [6.07, 6.45) is 1.11. The highest BCUT2D eigenvalue weighted by molar-refractivity contribution is 5.78. The van der Waals surface area contributed by atoms with E-state index in [4.69, 9.17) is 4.74 Å². The molecule has 0 atom stereocenters. The van der Waals surface area contributed by atoms with Crippen LogP contribution < -0.4 is 10.1 Å². The Morgan fingerprint density at radius 3 is 2.82 bits per heavy atom. The molecule has 1 heterocycles. The Hall–Kier alpha value is -1.55. The minimum absolute atomic E-state index is 0.0792. The highest BCUT2D eigenvalue weighted by Gasteiger charge is 2.20. The number of para-hydroxylation sites is 1. The van der Waals surface area contributed by atoms with Gasteiger partial charge in [0, 0.05) is 25.2 Å². The van der Waals surface area contributed by atoms with Gasteiger partial charge in [-0.2, -0.15) is 0 Å². The number of ether oxygens (including phenoxy) is 1. The van der Waals surface area contributed by atoms with Crippen molar-refractivity contribution in [3.8, 4) is 5.75 Å². The fourth-order valence-corrected chi connectivity index (χ4v) is 1.78. The Balaban J connectivity index is 1.91. The molecule has 1 aliphatic rings. The molecule has 2 rings (SSSR count). The van der Waals surface area contributed by atoms with Gasteiger partial charge in [0.05, 0.1) is 0 Å². The SMILES string of the molecule is CNCc1ccccc1OCC(=O)N1CCC1. The van der Waals surface area contributed by atoms with Crippen molar-refractivity contribution in [2.24, 2.45) is 0 Å². The van der Waals surface area contributed by atoms with E-state index in [1.165, 1.54) is 0 Å². The van der Waals surface area contributed by atoms with Gasteiger partial charge in [-0.1, -0.05) is 18.2 Å². The topological polar surface area (TPSA) is 41.6 Å². The van der Waals surface area contributed by atoms with Crippen LogP contribution in [0.15, 0.2) is 24.3 Å². The lowest BCUT2D eigenvalue weighted by atomic mass is 10.2. The quantitative estimate of drug-likeness (QED) is 0.827. The second-order valence-electron chi connectivity index (χ2n) is 4.16. The first-order valence-electron chi connectivity index (χ1n) is 5.94. The summed E-state index contributed by atoms with van der Waals surface area (Å²) in [6.45, 7) is 2.63. The van der Waals surface area contributed by atoms with Crippen molar-refractivity contribution in [1.29, 1.82) is 0 Å². The van der Waals surface area contributed by atoms with E-state index < -0.39 is 0 Å². The number of carbonyl (C=O) groups is 1. The third-order valence-electron chi connectivity index (χ3n) is 2.90. The van der Waals surface area contributed by atoms with E-state index >= 15 is 0 Å². The number of nitrogens with one attached hydrogen (secondary N) is 1. The van der Waals surface area contributed by atoms with E-state index in [1.807, 2.05) is 36.2 Å². The first-order chi connectivity index (χ1) is 8.31. The second kappa shape index (κ2) is 5.68. The molecule has 4 heteroatoms. The van der Waals surface area contributed by atoms with Gasteiger partial charge in [0.2, 0.25) is 0 Å². The molecule has 0 aliphatic carbocycles. The summed E-state index contributed by atoms with van der Waals surface area (Å²) >= 11 is 0. The Morgan fingerprint density at radius 2 is 2.18 bits per heavy atom. The van der Waals surface area contributed by atoms with Crippen molar-refractivity contribution in [2.45, 2.75) is 13.0 Å². The molecule has 1 aliphatic heterocycles. The summed E-state index contributed by atoms with van der Waals surface area (Å²) in [6, 6.07) is 7.79. The molecule has 0 spiro atoms. The summed E-state index contributed by atoms with van der Waals surface area (Å²) in [5.41, 5.74) is 1.08. The number of rotatable bonds is 5. The normalized spacial score (nSPS) is 14.3. The van der Waals surface area contributed by atoms with Crippen molar-refractivity contribution in [3.63, 3.8) is 0 Å². The molecule has 0 saturated carbocycles. The monoisotopic (exact) mass is 234 g/mol. The second-order valence-corrected chi connectivity index (χ2v) is 4.16. The minimum atomic E-state index is 0.0792. The molecule has 0 radical (unpaired) electrons. The van der Waals surface area contributed by atoms with Crippen LogP contribution in [0.5, 0.6) is 5.75 Å². The van der Waals surface area contributed by atoms with Crippen molar-refractivity contribution in [1.82, 2.24) is 10.2 Å². The smallest absolute Gasteiger partial charge is 0.260 e. The Labute approximate surface area is 102 Å². The van der Waals surface area contributed by atoms with Gasteiger partial charge in [-0.25, -0.2) is 0 Å². The predicted octanol–water partition coefficient (Wildman–Crippen LogP) is 1.02. The molecule has 4 nitrogen and oxygen atoms in total. The van der Waals surface area contributed by atoms with Gasteiger partial charge in [0.15, 0.2) is 6.61 Å². The molecule has 0 bridgehead atoms. The van der Waals surface area contributed by atoms with Crippen molar-refractivity contribution in [3.05, 3.63) is 29.8 Å². The minimum Gasteiger partial charge on any atom is -0.483 e. The van der Waals surface area contributed by atoms with Crippen molar-refractivity contribution in [2.75, 3.05) is 26.7 Å². The Bertz CT molecular complexity index is 389. The fourth-order valence-electron chi connectivity index (χ4n) is 1.78. The van der Waals surface area contributed by atoms with Gasteiger partial charge in [-0.15, -0.1) is 0 Å². The number of benzene rings is 1. The summed E-state index contributed by atoms with van der Waals surface area (Å²) in [4.78, 5) is 13.5. The molecule has 1 saturated heterocycles. The molecule has 1 aromatic carbocycles. The van der Waals surface area contributed by atoms with Crippen LogP contribution >= 0.6 is 0 Å². The molecule has 92 valence electrons. The van der Waals surface area contributed by atoms with E-state index in [2.05, 4.69) is 5.32 Å². The molecule has 1 fully saturated rings. The van der Waals surface area contributed by atoms with Gasteiger partial charge >= 0.3 is 0 Å². The van der Waals surface area contributed by atoms with E-state index in [0.29, 0.717) is 0 Å². The lowest BCUT2D eigenvalue weighted by molar-refractivity contribution is -0.136. The van der Waals surface area contributed by atoms with Crippen LogP contribution in [0.25, 0.3) is 0 Å². The average molecular weight is 234 g/mol. The summed E-state index contributed by atoms with van der Waals surface area (Å²) in [7, 11) is 1.89. The van der Waals surface area contributed by atoms with Crippen LogP contribution in [0.1, 0.15) is 12.0 Å². The van der Waals surface area contributed by atoms with E-state index in [-0.39, 0.29) is 12.5 Å². The Kier molecular flexibility index (Phi) is 3.98. The third-order valence-corrected chi connectivity index (χ3v) is 2.90. The zero-order chi connectivity index (χ0) is 12.1. The summed E-state index contributed by atoms with van der Waals surface area (Å²) in [5, 5.41) is 3.08. The van der Waals surface area contributed by atoms with Gasteiger partial charge in [-0.05, 0) is 19.5 Å². The zero-order valence-corrected chi connectivity index (χ0v) is 10.1. The van der Waals surface area contributed by atoms with Crippen LogP contribution in [0.2, 0.25) is 0 Å². The summed E-state index contributed by atoms with van der Waals surface area (Å²) < 4.78 is 5.58. The fraction of sp³-hybridized carbons (Fsp3) is 0.462. The third kappa shape index (κ3) is 2.97. The maximum absolute atomic E-state index is 11.7. The van der Waals surface area contributed by atoms with Crippen LogP contribution in [0, 0.1) is 0 Å². The zero-order valence-electron chi connectivity index (χ0n) is 10.1. The number of nitrogens with zero attached hydrogens (tertiary/aromatic N) is 1. The number of likely N-dealkylation sites (tertiary alicyclic amines) is 1. The number of hydrogen-bond acceptors (Lipinski definition) is 3. The lowest BCUT2D eigenvalue weighted by Crippen LogP contribution is -2.44. The predicted molar refractivity (Wildman–Crippen MR) is 65.9 cm³/mol. The standard InChI is InChI=1S/C13H18N2O2/c1-14-9-11-5-2-3-6-12(11)17-10-13(16)15-7-4-8-15/h2-3,5-6,14H,4,7-10H2,1H3. The van der Waals surface area contributed by atoms with E-state index in [1.54, 1.807) is 0 Å². The van der Waals surface area contributed by atoms with Gasteiger partial charge in [-0.3, -0.25) is 4.79 Å². The largest absolute Gasteiger partial charge is 0.483 e. The molecule has 1 N–H and O–H groups in total. The van der Waals surface area contributed by atoms with Gasteiger partial charge in [0.25, 0.3) is 5.91 Å². The number of carbonyl (C=O) groups excluding carboxylic acids is 1. The molecule has 1 aromatic rings.